The minimum Gasteiger partial charge on any atom is -0.316 e. The standard InChI is InChI=1S/C58H38N4/c1-4-18-39(19-5-1)51-37-52(60-58(59-51)41-20-6-2-7-21-41)40-32-34-45(35-33-40)62-54-31-17-15-29-49(54)56-50-36-42-22-11-16-30-53(42)61(44-24-8-3-9-25-44)38-43-23-10-12-26-46(43)55(50)47-27-13-14-28-48(47)57(56)62/h1-38H. The molecule has 4 nitrogen and oxygen atoms in total. The third-order valence-corrected chi connectivity index (χ3v) is 12.1. The molecular formula is C58H38N4. The first-order valence-electron chi connectivity index (χ1n) is 21.1. The van der Waals surface area contributed by atoms with E-state index in [2.05, 4.69) is 216 Å². The van der Waals surface area contributed by atoms with Gasteiger partial charge in [0.25, 0.3) is 0 Å². The van der Waals surface area contributed by atoms with Crippen LogP contribution in [0.25, 0.3) is 110 Å². The molecule has 290 valence electrons. The average Bonchev–Trinajstić information content (AvgIpc) is 3.72. The van der Waals surface area contributed by atoms with Gasteiger partial charge in [0.05, 0.1) is 27.9 Å². The van der Waals surface area contributed by atoms with E-state index >= 15 is 0 Å². The second-order valence-electron chi connectivity index (χ2n) is 15.8. The van der Waals surface area contributed by atoms with Crippen LogP contribution in [0, 0.1) is 0 Å². The van der Waals surface area contributed by atoms with E-state index in [1.54, 1.807) is 0 Å². The van der Waals surface area contributed by atoms with Crippen molar-refractivity contribution in [2.24, 2.45) is 0 Å². The fraction of sp³-hybridized carbons (Fsp3) is 0. The third-order valence-electron chi connectivity index (χ3n) is 12.1. The van der Waals surface area contributed by atoms with Crippen LogP contribution in [0.3, 0.4) is 0 Å². The maximum absolute atomic E-state index is 5.14. The van der Waals surface area contributed by atoms with Gasteiger partial charge in [0.15, 0.2) is 5.82 Å². The molecule has 12 rings (SSSR count). The minimum absolute atomic E-state index is 0.705. The van der Waals surface area contributed by atoms with Gasteiger partial charge in [0, 0.05) is 50.4 Å². The van der Waals surface area contributed by atoms with E-state index in [9.17, 15) is 0 Å². The van der Waals surface area contributed by atoms with E-state index < -0.39 is 0 Å². The van der Waals surface area contributed by atoms with Crippen LogP contribution in [0.2, 0.25) is 0 Å². The summed E-state index contributed by atoms with van der Waals surface area (Å²) in [5.74, 6) is 0.705. The molecule has 0 bridgehead atoms. The van der Waals surface area contributed by atoms with E-state index in [4.69, 9.17) is 9.97 Å². The number of benzene rings is 9. The molecule has 0 saturated heterocycles. The molecule has 0 aliphatic heterocycles. The molecule has 0 N–H and O–H groups in total. The monoisotopic (exact) mass is 790 g/mol. The Morgan fingerprint density at radius 1 is 0.323 bits per heavy atom. The summed E-state index contributed by atoms with van der Waals surface area (Å²) in [4.78, 5) is 10.2. The van der Waals surface area contributed by atoms with Crippen molar-refractivity contribution in [1.82, 2.24) is 19.1 Å². The number of hydrogen-bond donors (Lipinski definition) is 0. The highest BCUT2D eigenvalue weighted by molar-refractivity contribution is 6.36. The largest absolute Gasteiger partial charge is 0.316 e. The number of para-hydroxylation sites is 3. The molecule has 9 aromatic carbocycles. The van der Waals surface area contributed by atoms with Crippen LogP contribution >= 0.6 is 0 Å². The molecule has 62 heavy (non-hydrogen) atoms. The molecule has 4 heteroatoms. The minimum atomic E-state index is 0.705. The molecule has 0 aliphatic rings. The summed E-state index contributed by atoms with van der Waals surface area (Å²) >= 11 is 0. The van der Waals surface area contributed by atoms with Crippen LogP contribution < -0.4 is 0 Å². The van der Waals surface area contributed by atoms with Gasteiger partial charge in [-0.1, -0.05) is 176 Å². The van der Waals surface area contributed by atoms with Gasteiger partial charge in [-0.2, -0.15) is 0 Å². The lowest BCUT2D eigenvalue weighted by Gasteiger charge is -2.13. The van der Waals surface area contributed by atoms with Crippen molar-refractivity contribution >= 4 is 65.0 Å². The Bertz CT molecular complexity index is 3660. The van der Waals surface area contributed by atoms with E-state index in [1.807, 2.05) is 24.3 Å². The molecule has 0 spiro atoms. The van der Waals surface area contributed by atoms with Gasteiger partial charge in [-0.15, -0.1) is 0 Å². The number of aromatic nitrogens is 4. The molecule has 0 unspecified atom stereocenters. The van der Waals surface area contributed by atoms with Gasteiger partial charge in [0.2, 0.25) is 0 Å². The van der Waals surface area contributed by atoms with Gasteiger partial charge in [0.1, 0.15) is 0 Å². The fourth-order valence-corrected chi connectivity index (χ4v) is 9.33. The summed E-state index contributed by atoms with van der Waals surface area (Å²) in [6.07, 6.45) is 2.31. The quantitative estimate of drug-likeness (QED) is 0.174. The third kappa shape index (κ3) is 5.92. The number of hydrogen-bond acceptors (Lipinski definition) is 2. The number of rotatable bonds is 5. The van der Waals surface area contributed by atoms with Crippen molar-refractivity contribution in [2.45, 2.75) is 0 Å². The first-order chi connectivity index (χ1) is 30.8. The van der Waals surface area contributed by atoms with E-state index in [-0.39, 0.29) is 0 Å². The molecule has 0 fully saturated rings. The van der Waals surface area contributed by atoms with Gasteiger partial charge in [-0.3, -0.25) is 0 Å². The van der Waals surface area contributed by atoms with Crippen LogP contribution in [-0.4, -0.2) is 19.1 Å². The second kappa shape index (κ2) is 14.7. The lowest BCUT2D eigenvalue weighted by atomic mass is 9.94. The fourth-order valence-electron chi connectivity index (χ4n) is 9.33. The molecule has 0 amide bonds. The summed E-state index contributed by atoms with van der Waals surface area (Å²) in [6.45, 7) is 0. The lowest BCUT2D eigenvalue weighted by molar-refractivity contribution is 1.12. The summed E-state index contributed by atoms with van der Waals surface area (Å²) < 4.78 is 4.80. The maximum atomic E-state index is 5.14. The number of fused-ring (bicyclic) bond motifs is 11. The smallest absolute Gasteiger partial charge is 0.160 e. The highest BCUT2D eigenvalue weighted by atomic mass is 15.0. The van der Waals surface area contributed by atoms with E-state index in [0.29, 0.717) is 5.82 Å². The zero-order valence-electron chi connectivity index (χ0n) is 33.7. The first-order valence-corrected chi connectivity index (χ1v) is 21.1. The highest BCUT2D eigenvalue weighted by Crippen LogP contribution is 2.44. The molecule has 0 saturated carbocycles. The second-order valence-corrected chi connectivity index (χ2v) is 15.8. The topological polar surface area (TPSA) is 35.6 Å². The normalized spacial score (nSPS) is 11.5. The van der Waals surface area contributed by atoms with Crippen LogP contribution in [0.1, 0.15) is 0 Å². The SMILES string of the molecule is c1ccc(-c2cc(-c3ccc(-n4c5ccccc5c5c6cc7ccccc7n(-c7ccccc7)cc7ccccc7c6c6ccccc6c54)cc3)nc(-c3ccccc3)n2)cc1. The van der Waals surface area contributed by atoms with Crippen molar-refractivity contribution < 1.29 is 0 Å². The van der Waals surface area contributed by atoms with Crippen LogP contribution in [-0.2, 0) is 0 Å². The van der Waals surface area contributed by atoms with E-state index in [1.165, 1.54) is 43.2 Å². The predicted molar refractivity (Wildman–Crippen MR) is 260 cm³/mol. The van der Waals surface area contributed by atoms with Crippen molar-refractivity contribution in [2.75, 3.05) is 0 Å². The summed E-state index contributed by atoms with van der Waals surface area (Å²) in [5, 5.41) is 10.8. The molecule has 0 aliphatic carbocycles. The zero-order chi connectivity index (χ0) is 41.0. The maximum Gasteiger partial charge on any atom is 0.160 e. The molecule has 3 aromatic heterocycles. The molecule has 0 atom stereocenters. The first kappa shape index (κ1) is 35.6. The average molecular weight is 791 g/mol. The van der Waals surface area contributed by atoms with Crippen molar-refractivity contribution in [1.29, 1.82) is 0 Å². The van der Waals surface area contributed by atoms with Gasteiger partial charge in [-0.05, 0) is 80.8 Å². The van der Waals surface area contributed by atoms with Crippen molar-refractivity contribution in [3.8, 4) is 45.3 Å². The van der Waals surface area contributed by atoms with Crippen LogP contribution in [0.15, 0.2) is 231 Å². The van der Waals surface area contributed by atoms with Crippen LogP contribution in [0.4, 0.5) is 0 Å². The highest BCUT2D eigenvalue weighted by Gasteiger charge is 2.20. The molecule has 0 radical (unpaired) electrons. The van der Waals surface area contributed by atoms with Crippen LogP contribution in [0.5, 0.6) is 0 Å². The zero-order valence-corrected chi connectivity index (χ0v) is 33.7. The van der Waals surface area contributed by atoms with Gasteiger partial charge in [-0.25, -0.2) is 9.97 Å². The summed E-state index contributed by atoms with van der Waals surface area (Å²) in [6, 6.07) is 80.1. The van der Waals surface area contributed by atoms with E-state index in [0.717, 1.165) is 61.3 Å². The Morgan fingerprint density at radius 2 is 0.855 bits per heavy atom. The van der Waals surface area contributed by atoms with Crippen molar-refractivity contribution in [3.05, 3.63) is 231 Å². The van der Waals surface area contributed by atoms with Gasteiger partial charge >= 0.3 is 0 Å². The Kier molecular flexibility index (Phi) is 8.46. The Balaban J connectivity index is 1.16. The Labute approximate surface area is 358 Å². The number of nitrogens with zero attached hydrogens (tertiary/aromatic N) is 4. The Hall–Kier alpha value is -8.34. The summed E-state index contributed by atoms with van der Waals surface area (Å²) in [5.41, 5.74) is 10.5. The molecular weight excluding hydrogens is 753 g/mol. The molecule has 3 heterocycles. The van der Waals surface area contributed by atoms with Gasteiger partial charge < -0.3 is 9.13 Å². The van der Waals surface area contributed by atoms with Crippen molar-refractivity contribution in [3.63, 3.8) is 0 Å². The Morgan fingerprint density at radius 3 is 1.56 bits per heavy atom. The lowest BCUT2D eigenvalue weighted by Crippen LogP contribution is -1.97. The predicted octanol–water partition coefficient (Wildman–Crippen LogP) is 15.1. The molecule has 12 aromatic rings. The summed E-state index contributed by atoms with van der Waals surface area (Å²) in [7, 11) is 0.